The lowest BCUT2D eigenvalue weighted by molar-refractivity contribution is -0.880. The van der Waals surface area contributed by atoms with E-state index in [-0.39, 0.29) is 0 Å². The van der Waals surface area contributed by atoms with Crippen LogP contribution < -0.4 is 9.80 Å². The molecule has 1 aliphatic rings. The Balaban J connectivity index is 1.85. The van der Waals surface area contributed by atoms with Crippen LogP contribution in [0.4, 0.5) is 5.13 Å². The van der Waals surface area contributed by atoms with Gasteiger partial charge in [-0.25, -0.2) is 4.98 Å². The lowest BCUT2D eigenvalue weighted by atomic mass is 10.1. The highest BCUT2D eigenvalue weighted by atomic mass is 79.9. The number of aromatic nitrogens is 1. The topological polar surface area (TPSA) is 20.6 Å². The summed E-state index contributed by atoms with van der Waals surface area (Å²) in [4.78, 5) is 10.2. The summed E-state index contributed by atoms with van der Waals surface area (Å²) >= 11 is 5.30. The average molecular weight is 353 g/mol. The molecule has 1 fully saturated rings. The van der Waals surface area contributed by atoms with Gasteiger partial charge in [0.05, 0.1) is 38.9 Å². The van der Waals surface area contributed by atoms with Crippen LogP contribution in [0.5, 0.6) is 0 Å². The number of nitrogens with one attached hydrogen (secondary N) is 1. The van der Waals surface area contributed by atoms with Crippen LogP contribution in [0.15, 0.2) is 28.7 Å². The number of nitrogens with zero attached hydrogens (tertiary/aromatic N) is 2. The third kappa shape index (κ3) is 2.90. The summed E-state index contributed by atoms with van der Waals surface area (Å²) in [6, 6.07) is 8.41. The number of aryl methyl sites for hydroxylation is 1. The number of hydrogen-bond acceptors (Lipinski definition) is 3. The fourth-order valence-corrected chi connectivity index (χ4v) is 3.72. The Bertz CT molecular complexity index is 586. The van der Waals surface area contributed by atoms with Crippen molar-refractivity contribution in [2.24, 2.45) is 0 Å². The van der Waals surface area contributed by atoms with Gasteiger partial charge in [0.1, 0.15) is 0 Å². The zero-order valence-electron chi connectivity index (χ0n) is 11.8. The van der Waals surface area contributed by atoms with Crippen LogP contribution in [0.2, 0.25) is 0 Å². The van der Waals surface area contributed by atoms with Crippen LogP contribution in [-0.2, 0) is 0 Å². The molecule has 0 saturated carbocycles. The number of likely N-dealkylation sites (N-methyl/N-ethyl adjacent to an activating group) is 1. The van der Waals surface area contributed by atoms with Crippen molar-refractivity contribution in [3.05, 3.63) is 33.6 Å². The van der Waals surface area contributed by atoms with Gasteiger partial charge in [-0.1, -0.05) is 28.1 Å². The van der Waals surface area contributed by atoms with Crippen LogP contribution >= 0.6 is 27.3 Å². The molecule has 2 heterocycles. The largest absolute Gasteiger partial charge is 0.337 e. The molecule has 0 spiro atoms. The molecule has 3 nitrogen and oxygen atoms in total. The molecule has 0 atom stereocenters. The van der Waals surface area contributed by atoms with Gasteiger partial charge in [0, 0.05) is 14.9 Å². The van der Waals surface area contributed by atoms with E-state index in [0.717, 1.165) is 23.3 Å². The number of piperazine rings is 1. The van der Waals surface area contributed by atoms with E-state index in [0.29, 0.717) is 0 Å². The van der Waals surface area contributed by atoms with E-state index in [1.165, 1.54) is 28.7 Å². The predicted molar refractivity (Wildman–Crippen MR) is 88.8 cm³/mol. The molecular weight excluding hydrogens is 334 g/mol. The number of rotatable bonds is 2. The van der Waals surface area contributed by atoms with E-state index >= 15 is 0 Å². The highest BCUT2D eigenvalue weighted by Crippen LogP contribution is 2.32. The highest BCUT2D eigenvalue weighted by Gasteiger charge is 2.21. The predicted octanol–water partition coefficient (Wildman–Crippen LogP) is 2.22. The van der Waals surface area contributed by atoms with E-state index in [1.54, 1.807) is 4.90 Å². The summed E-state index contributed by atoms with van der Waals surface area (Å²) in [5, 5.41) is 1.17. The first kappa shape index (κ1) is 14.0. The zero-order valence-corrected chi connectivity index (χ0v) is 14.2. The minimum absolute atomic E-state index is 1.11. The van der Waals surface area contributed by atoms with E-state index in [9.17, 15) is 0 Å². The lowest BCUT2D eigenvalue weighted by Crippen LogP contribution is -3.12. The standard InChI is InChI=1S/C15H18BrN3S/c1-11-14(12-3-5-13(16)6-4-12)17-15(20-11)19-9-7-18(2)8-10-19/h3-6H,7-10H2,1-2H3/p+1. The van der Waals surface area contributed by atoms with Gasteiger partial charge in [0.15, 0.2) is 5.13 Å². The molecule has 20 heavy (non-hydrogen) atoms. The monoisotopic (exact) mass is 352 g/mol. The molecule has 5 heteroatoms. The summed E-state index contributed by atoms with van der Waals surface area (Å²) in [7, 11) is 2.26. The molecule has 0 radical (unpaired) electrons. The number of benzene rings is 1. The zero-order chi connectivity index (χ0) is 14.1. The van der Waals surface area contributed by atoms with Gasteiger partial charge in [0.25, 0.3) is 0 Å². The van der Waals surface area contributed by atoms with Gasteiger partial charge in [-0.3, -0.25) is 0 Å². The maximum Gasteiger partial charge on any atom is 0.186 e. The minimum Gasteiger partial charge on any atom is -0.337 e. The molecule has 0 bridgehead atoms. The van der Waals surface area contributed by atoms with Crippen molar-refractivity contribution in [1.82, 2.24) is 4.98 Å². The Morgan fingerprint density at radius 2 is 1.85 bits per heavy atom. The van der Waals surface area contributed by atoms with E-state index in [1.807, 2.05) is 11.3 Å². The Morgan fingerprint density at radius 1 is 1.20 bits per heavy atom. The van der Waals surface area contributed by atoms with Crippen LogP contribution in [0.3, 0.4) is 0 Å². The Kier molecular flexibility index (Phi) is 4.10. The number of hydrogen-bond donors (Lipinski definition) is 1. The molecule has 3 rings (SSSR count). The Labute approximate surface area is 132 Å². The third-order valence-electron chi connectivity index (χ3n) is 3.79. The van der Waals surface area contributed by atoms with Crippen molar-refractivity contribution in [1.29, 1.82) is 0 Å². The second-order valence-electron chi connectivity index (χ2n) is 5.35. The lowest BCUT2D eigenvalue weighted by Gasteiger charge is -2.29. The highest BCUT2D eigenvalue weighted by molar-refractivity contribution is 9.10. The molecule has 106 valence electrons. The number of anilines is 1. The van der Waals surface area contributed by atoms with Crippen molar-refractivity contribution in [2.75, 3.05) is 38.1 Å². The van der Waals surface area contributed by atoms with E-state index in [4.69, 9.17) is 4.98 Å². The van der Waals surface area contributed by atoms with Crippen LogP contribution in [0.1, 0.15) is 4.88 Å². The average Bonchev–Trinajstić information content (AvgIpc) is 2.82. The number of thiazole rings is 1. The third-order valence-corrected chi connectivity index (χ3v) is 5.35. The van der Waals surface area contributed by atoms with Gasteiger partial charge < -0.3 is 9.80 Å². The Morgan fingerprint density at radius 3 is 2.50 bits per heavy atom. The molecule has 1 aromatic carbocycles. The fourth-order valence-electron chi connectivity index (χ4n) is 2.47. The van der Waals surface area contributed by atoms with Gasteiger partial charge in [-0.2, -0.15) is 0 Å². The van der Waals surface area contributed by atoms with Crippen LogP contribution in [-0.4, -0.2) is 38.2 Å². The molecule has 0 unspecified atom stereocenters. The first-order chi connectivity index (χ1) is 9.63. The molecule has 0 amide bonds. The van der Waals surface area contributed by atoms with Gasteiger partial charge in [0.2, 0.25) is 0 Å². The summed E-state index contributed by atoms with van der Waals surface area (Å²) in [5.41, 5.74) is 2.33. The normalized spacial score (nSPS) is 16.6. The van der Waals surface area contributed by atoms with E-state index in [2.05, 4.69) is 59.1 Å². The second kappa shape index (κ2) is 5.84. The molecule has 1 saturated heterocycles. The molecule has 1 aromatic heterocycles. The van der Waals surface area contributed by atoms with Crippen molar-refractivity contribution < 1.29 is 4.90 Å². The van der Waals surface area contributed by atoms with Gasteiger partial charge >= 0.3 is 0 Å². The minimum atomic E-state index is 1.11. The van der Waals surface area contributed by atoms with Crippen LogP contribution in [0, 0.1) is 6.92 Å². The van der Waals surface area contributed by atoms with Crippen LogP contribution in [0.25, 0.3) is 11.3 Å². The maximum absolute atomic E-state index is 4.88. The Hall–Kier alpha value is -0.910. The first-order valence-corrected chi connectivity index (χ1v) is 8.54. The summed E-state index contributed by atoms with van der Waals surface area (Å²) in [6.07, 6.45) is 0. The van der Waals surface area contributed by atoms with Crippen molar-refractivity contribution in [3.63, 3.8) is 0 Å². The molecule has 1 N–H and O–H groups in total. The summed E-state index contributed by atoms with van der Waals surface area (Å²) in [5.74, 6) is 0. The quantitative estimate of drug-likeness (QED) is 0.894. The first-order valence-electron chi connectivity index (χ1n) is 6.93. The SMILES string of the molecule is Cc1sc(N2CC[NH+](C)CC2)nc1-c1ccc(Br)cc1. The molecular formula is C15H19BrN3S+. The van der Waals surface area contributed by atoms with Crippen molar-refractivity contribution in [3.8, 4) is 11.3 Å². The molecule has 2 aromatic rings. The van der Waals surface area contributed by atoms with Gasteiger partial charge in [-0.15, -0.1) is 11.3 Å². The summed E-state index contributed by atoms with van der Waals surface area (Å²) in [6.45, 7) is 6.79. The van der Waals surface area contributed by atoms with Crippen molar-refractivity contribution >= 4 is 32.4 Å². The number of halogens is 1. The maximum atomic E-state index is 4.88. The molecule has 0 aliphatic carbocycles. The molecule has 1 aliphatic heterocycles. The summed E-state index contributed by atoms with van der Waals surface area (Å²) < 4.78 is 1.11. The second-order valence-corrected chi connectivity index (χ2v) is 7.45. The van der Waals surface area contributed by atoms with Crippen molar-refractivity contribution in [2.45, 2.75) is 6.92 Å². The van der Waals surface area contributed by atoms with Gasteiger partial charge in [-0.05, 0) is 19.1 Å². The fraction of sp³-hybridized carbons (Fsp3) is 0.400. The number of quaternary nitrogens is 1. The smallest absolute Gasteiger partial charge is 0.186 e. The van der Waals surface area contributed by atoms with E-state index < -0.39 is 0 Å².